The Morgan fingerprint density at radius 1 is 0.862 bits per heavy atom. The van der Waals surface area contributed by atoms with Crippen LogP contribution in [0.2, 0.25) is 0 Å². The molecular weight excluding hydrogens is 433 g/mol. The Hall–Kier alpha value is -0.430. The van der Waals surface area contributed by atoms with E-state index in [0.29, 0.717) is 0 Å². The molecule has 1 aromatic heterocycles. The van der Waals surface area contributed by atoms with Crippen molar-refractivity contribution in [2.45, 2.75) is 86.7 Å². The number of benzene rings is 1. The Morgan fingerprint density at radius 2 is 1.48 bits per heavy atom. The van der Waals surface area contributed by atoms with Gasteiger partial charge in [0.15, 0.2) is 8.68 Å². The minimum absolute atomic E-state index is 1.02. The first-order valence-electron chi connectivity index (χ1n) is 10.8. The van der Waals surface area contributed by atoms with E-state index in [1.54, 1.807) is 33.9 Å². The predicted octanol–water partition coefficient (Wildman–Crippen LogP) is 9.35. The SMILES string of the molecule is CCCCCCCCCCCCSSc1nnc(S/C=C(/C)c2ccccc2)s1. The van der Waals surface area contributed by atoms with Gasteiger partial charge >= 0.3 is 0 Å². The molecule has 0 fully saturated rings. The van der Waals surface area contributed by atoms with Gasteiger partial charge in [0.1, 0.15) is 0 Å². The first-order chi connectivity index (χ1) is 14.3. The van der Waals surface area contributed by atoms with Crippen LogP contribution < -0.4 is 0 Å². The van der Waals surface area contributed by atoms with Crippen molar-refractivity contribution in [3.63, 3.8) is 0 Å². The molecule has 29 heavy (non-hydrogen) atoms. The Bertz CT molecular complexity index is 685. The molecule has 0 saturated heterocycles. The van der Waals surface area contributed by atoms with E-state index in [-0.39, 0.29) is 0 Å². The lowest BCUT2D eigenvalue weighted by Crippen LogP contribution is -1.83. The van der Waals surface area contributed by atoms with Crippen molar-refractivity contribution in [1.82, 2.24) is 10.2 Å². The first-order valence-corrected chi connectivity index (χ1v) is 14.8. The zero-order valence-corrected chi connectivity index (χ0v) is 21.0. The van der Waals surface area contributed by atoms with Gasteiger partial charge in [0, 0.05) is 5.75 Å². The maximum absolute atomic E-state index is 4.32. The number of nitrogens with zero attached hydrogens (tertiary/aromatic N) is 2. The van der Waals surface area contributed by atoms with Gasteiger partial charge in [-0.1, -0.05) is 129 Å². The molecule has 160 valence electrons. The van der Waals surface area contributed by atoms with Crippen LogP contribution in [0, 0.1) is 0 Å². The number of hydrogen-bond donors (Lipinski definition) is 0. The van der Waals surface area contributed by atoms with Crippen LogP contribution in [-0.4, -0.2) is 16.0 Å². The first kappa shape index (κ1) is 24.8. The minimum Gasteiger partial charge on any atom is -0.130 e. The molecule has 0 aliphatic carbocycles. The molecule has 0 spiro atoms. The highest BCUT2D eigenvalue weighted by molar-refractivity contribution is 8.77. The molecule has 1 aromatic carbocycles. The summed E-state index contributed by atoms with van der Waals surface area (Å²) in [7, 11) is 3.70. The predicted molar refractivity (Wildman–Crippen MR) is 136 cm³/mol. The summed E-state index contributed by atoms with van der Waals surface area (Å²) in [5.74, 6) is 1.20. The van der Waals surface area contributed by atoms with Crippen LogP contribution in [0.15, 0.2) is 44.4 Å². The van der Waals surface area contributed by atoms with Crippen molar-refractivity contribution in [3.05, 3.63) is 41.3 Å². The minimum atomic E-state index is 1.02. The van der Waals surface area contributed by atoms with Gasteiger partial charge in [-0.25, -0.2) is 0 Å². The highest BCUT2D eigenvalue weighted by Crippen LogP contribution is 2.37. The molecule has 2 aromatic rings. The second kappa shape index (κ2) is 16.3. The molecule has 0 N–H and O–H groups in total. The average molecular weight is 467 g/mol. The molecule has 0 aliphatic rings. The van der Waals surface area contributed by atoms with E-state index < -0.39 is 0 Å². The smallest absolute Gasteiger partial charge is 0.130 e. The largest absolute Gasteiger partial charge is 0.185 e. The molecule has 1 heterocycles. The third kappa shape index (κ3) is 11.5. The van der Waals surface area contributed by atoms with Gasteiger partial charge in [0.2, 0.25) is 0 Å². The lowest BCUT2D eigenvalue weighted by molar-refractivity contribution is 0.563. The number of thioether (sulfide) groups is 1. The van der Waals surface area contributed by atoms with Crippen molar-refractivity contribution < 1.29 is 0 Å². The van der Waals surface area contributed by atoms with E-state index in [2.05, 4.69) is 53.7 Å². The topological polar surface area (TPSA) is 25.8 Å². The fourth-order valence-corrected chi connectivity index (χ4v) is 7.17. The van der Waals surface area contributed by atoms with Gasteiger partial charge in [0.25, 0.3) is 0 Å². The number of hydrogen-bond acceptors (Lipinski definition) is 6. The molecule has 0 amide bonds. The zero-order chi connectivity index (χ0) is 20.6. The number of unbranched alkanes of at least 4 members (excludes halogenated alkanes) is 9. The number of allylic oxidation sites excluding steroid dienone is 1. The molecule has 0 radical (unpaired) electrons. The Morgan fingerprint density at radius 3 is 2.17 bits per heavy atom. The van der Waals surface area contributed by atoms with Crippen LogP contribution in [0.25, 0.3) is 5.57 Å². The van der Waals surface area contributed by atoms with Gasteiger partial charge in [-0.2, -0.15) is 0 Å². The van der Waals surface area contributed by atoms with Gasteiger partial charge in [-0.15, -0.1) is 10.2 Å². The standard InChI is InChI=1S/C23H34N2S4/c1-3-4-5-6-7-8-9-10-11-15-18-27-29-23-25-24-22(28-23)26-19-20(2)21-16-13-12-14-17-21/h12-14,16-17,19H,3-11,15,18H2,1-2H3/b20-19-. The van der Waals surface area contributed by atoms with Gasteiger partial charge in [-0.3, -0.25) is 0 Å². The normalized spacial score (nSPS) is 11.9. The van der Waals surface area contributed by atoms with Crippen molar-refractivity contribution in [2.24, 2.45) is 0 Å². The Balaban J connectivity index is 1.50. The van der Waals surface area contributed by atoms with Crippen LogP contribution in [-0.2, 0) is 0 Å². The molecule has 0 atom stereocenters. The van der Waals surface area contributed by atoms with Gasteiger partial charge in [0.05, 0.1) is 0 Å². The molecular formula is C23H34N2S4. The lowest BCUT2D eigenvalue weighted by atomic mass is 10.1. The summed E-state index contributed by atoms with van der Waals surface area (Å²) >= 11 is 3.36. The van der Waals surface area contributed by atoms with Crippen molar-refractivity contribution in [1.29, 1.82) is 0 Å². The molecule has 0 saturated carbocycles. The summed E-state index contributed by atoms with van der Waals surface area (Å²) in [6.45, 7) is 4.42. The van der Waals surface area contributed by atoms with Crippen LogP contribution in [0.5, 0.6) is 0 Å². The molecule has 6 heteroatoms. The van der Waals surface area contributed by atoms with Gasteiger partial charge in [-0.05, 0) is 40.7 Å². The molecule has 2 rings (SSSR count). The molecule has 2 nitrogen and oxygen atoms in total. The summed E-state index contributed by atoms with van der Waals surface area (Å²) < 4.78 is 2.08. The third-order valence-electron chi connectivity index (χ3n) is 4.67. The van der Waals surface area contributed by atoms with Crippen LogP contribution in [0.4, 0.5) is 0 Å². The average Bonchev–Trinajstić information content (AvgIpc) is 3.21. The summed E-state index contributed by atoms with van der Waals surface area (Å²) in [5.41, 5.74) is 2.52. The Kier molecular flexibility index (Phi) is 13.9. The van der Waals surface area contributed by atoms with Crippen LogP contribution >= 0.6 is 44.7 Å². The highest BCUT2D eigenvalue weighted by Gasteiger charge is 2.05. The van der Waals surface area contributed by atoms with Crippen molar-refractivity contribution in [2.75, 3.05) is 5.75 Å². The van der Waals surface area contributed by atoms with E-state index in [1.807, 2.05) is 16.9 Å². The van der Waals surface area contributed by atoms with Crippen molar-refractivity contribution in [3.8, 4) is 0 Å². The second-order valence-corrected chi connectivity index (χ2v) is 12.0. The Labute approximate surface area is 193 Å². The maximum Gasteiger partial charge on any atom is 0.185 e. The maximum atomic E-state index is 4.32. The van der Waals surface area contributed by atoms with E-state index in [4.69, 9.17) is 0 Å². The molecule has 0 aliphatic heterocycles. The van der Waals surface area contributed by atoms with E-state index in [0.717, 1.165) is 8.68 Å². The highest BCUT2D eigenvalue weighted by atomic mass is 33.1. The molecule has 0 unspecified atom stereocenters. The summed E-state index contributed by atoms with van der Waals surface area (Å²) in [4.78, 5) is 0. The van der Waals surface area contributed by atoms with Gasteiger partial charge < -0.3 is 0 Å². The summed E-state index contributed by atoms with van der Waals surface area (Å²) in [5, 5.41) is 10.8. The second-order valence-electron chi connectivity index (χ2n) is 7.21. The van der Waals surface area contributed by atoms with E-state index in [1.165, 1.54) is 81.1 Å². The third-order valence-corrected chi connectivity index (χ3v) is 9.41. The number of rotatable bonds is 16. The van der Waals surface area contributed by atoms with Crippen LogP contribution in [0.3, 0.4) is 0 Å². The number of aromatic nitrogens is 2. The summed E-state index contributed by atoms with van der Waals surface area (Å²) in [6.07, 6.45) is 14.0. The zero-order valence-electron chi connectivity index (χ0n) is 17.8. The van der Waals surface area contributed by atoms with E-state index in [9.17, 15) is 0 Å². The fraction of sp³-hybridized carbons (Fsp3) is 0.565. The van der Waals surface area contributed by atoms with Crippen molar-refractivity contribution >= 4 is 50.3 Å². The van der Waals surface area contributed by atoms with Crippen LogP contribution in [0.1, 0.15) is 83.6 Å². The monoisotopic (exact) mass is 466 g/mol. The quantitative estimate of drug-likeness (QED) is 0.139. The molecule has 0 bridgehead atoms. The summed E-state index contributed by atoms with van der Waals surface area (Å²) in [6, 6.07) is 10.5. The fourth-order valence-electron chi connectivity index (χ4n) is 2.93. The van der Waals surface area contributed by atoms with E-state index >= 15 is 0 Å². The lowest BCUT2D eigenvalue weighted by Gasteiger charge is -2.02.